The molecule has 1 aliphatic rings. The molecule has 1 heterocycles. The van der Waals surface area contributed by atoms with E-state index in [0.29, 0.717) is 6.79 Å². The van der Waals surface area contributed by atoms with E-state index in [0.717, 1.165) is 24.5 Å². The zero-order valence-electron chi connectivity index (χ0n) is 11.0. The molecule has 18 heavy (non-hydrogen) atoms. The van der Waals surface area contributed by atoms with Crippen molar-refractivity contribution in [1.29, 1.82) is 0 Å². The highest BCUT2D eigenvalue weighted by Gasteiger charge is 2.12. The van der Waals surface area contributed by atoms with Gasteiger partial charge in [0.25, 0.3) is 0 Å². The van der Waals surface area contributed by atoms with Gasteiger partial charge in [-0.15, -0.1) is 0 Å². The fraction of sp³-hybridized carbons (Fsp3) is 0.600. The molecule has 0 aromatic heterocycles. The van der Waals surface area contributed by atoms with Gasteiger partial charge in [0, 0.05) is 0 Å². The van der Waals surface area contributed by atoms with Gasteiger partial charge in [-0.05, 0) is 43.5 Å². The maximum absolute atomic E-state index is 5.47. The van der Waals surface area contributed by atoms with Gasteiger partial charge in [0.15, 0.2) is 11.5 Å². The summed E-state index contributed by atoms with van der Waals surface area (Å²) >= 11 is 0. The molecule has 3 nitrogen and oxygen atoms in total. The maximum Gasteiger partial charge on any atom is 0.231 e. The predicted molar refractivity (Wildman–Crippen MR) is 73.0 cm³/mol. The topological polar surface area (TPSA) is 44.5 Å². The lowest BCUT2D eigenvalue weighted by Crippen LogP contribution is -1.97. The van der Waals surface area contributed by atoms with Gasteiger partial charge < -0.3 is 15.2 Å². The van der Waals surface area contributed by atoms with Gasteiger partial charge in [-0.2, -0.15) is 0 Å². The summed E-state index contributed by atoms with van der Waals surface area (Å²) in [5, 5.41) is 0. The quantitative estimate of drug-likeness (QED) is 0.719. The molecule has 0 atom stereocenters. The second-order valence-electron chi connectivity index (χ2n) is 4.85. The highest BCUT2D eigenvalue weighted by atomic mass is 16.7. The minimum atomic E-state index is 0.361. The zero-order chi connectivity index (χ0) is 12.6. The number of benzene rings is 1. The number of unbranched alkanes of at least 4 members (excludes halogenated alkanes) is 5. The van der Waals surface area contributed by atoms with E-state index in [-0.39, 0.29) is 0 Å². The van der Waals surface area contributed by atoms with Crippen LogP contribution in [0.1, 0.15) is 44.1 Å². The Hall–Kier alpha value is -1.22. The van der Waals surface area contributed by atoms with Crippen LogP contribution in [0.25, 0.3) is 0 Å². The number of hydrogen-bond donors (Lipinski definition) is 1. The van der Waals surface area contributed by atoms with Crippen LogP contribution in [0, 0.1) is 0 Å². The first-order valence-corrected chi connectivity index (χ1v) is 6.99. The molecule has 1 aliphatic heterocycles. The lowest BCUT2D eigenvalue weighted by atomic mass is 10.0. The van der Waals surface area contributed by atoms with Gasteiger partial charge in [-0.1, -0.05) is 31.7 Å². The van der Waals surface area contributed by atoms with E-state index in [4.69, 9.17) is 15.2 Å². The normalized spacial score (nSPS) is 12.9. The number of ether oxygens (including phenoxy) is 2. The maximum atomic E-state index is 5.47. The summed E-state index contributed by atoms with van der Waals surface area (Å²) < 4.78 is 10.7. The highest BCUT2D eigenvalue weighted by molar-refractivity contribution is 5.44. The van der Waals surface area contributed by atoms with Crippen LogP contribution >= 0.6 is 0 Å². The molecule has 2 rings (SSSR count). The SMILES string of the molecule is NCCCCCCCCc1ccc2c(c1)OCO2. The van der Waals surface area contributed by atoms with Crippen molar-refractivity contribution < 1.29 is 9.47 Å². The van der Waals surface area contributed by atoms with E-state index in [9.17, 15) is 0 Å². The van der Waals surface area contributed by atoms with Gasteiger partial charge in [-0.3, -0.25) is 0 Å². The molecule has 0 aliphatic carbocycles. The number of fused-ring (bicyclic) bond motifs is 1. The second-order valence-corrected chi connectivity index (χ2v) is 4.85. The van der Waals surface area contributed by atoms with Crippen LogP contribution in [0.4, 0.5) is 0 Å². The second kappa shape index (κ2) is 7.27. The lowest BCUT2D eigenvalue weighted by molar-refractivity contribution is 0.174. The van der Waals surface area contributed by atoms with E-state index in [1.807, 2.05) is 6.07 Å². The summed E-state index contributed by atoms with van der Waals surface area (Å²) in [6.07, 6.45) is 8.78. The third-order valence-corrected chi connectivity index (χ3v) is 3.36. The molecule has 3 heteroatoms. The fourth-order valence-corrected chi connectivity index (χ4v) is 2.28. The Balaban J connectivity index is 1.62. The zero-order valence-corrected chi connectivity index (χ0v) is 11.0. The fourth-order valence-electron chi connectivity index (χ4n) is 2.28. The smallest absolute Gasteiger partial charge is 0.231 e. The molecule has 0 spiro atoms. The van der Waals surface area contributed by atoms with E-state index in [2.05, 4.69) is 12.1 Å². The highest BCUT2D eigenvalue weighted by Crippen LogP contribution is 2.32. The van der Waals surface area contributed by atoms with Crippen LogP contribution in [0.3, 0.4) is 0 Å². The van der Waals surface area contributed by atoms with E-state index < -0.39 is 0 Å². The van der Waals surface area contributed by atoms with Gasteiger partial charge in [-0.25, -0.2) is 0 Å². The third kappa shape index (κ3) is 3.91. The van der Waals surface area contributed by atoms with Crippen molar-refractivity contribution in [3.8, 4) is 11.5 Å². The molecule has 0 radical (unpaired) electrons. The molecule has 0 fully saturated rings. The Morgan fingerprint density at radius 2 is 1.61 bits per heavy atom. The summed E-state index contributed by atoms with van der Waals surface area (Å²) in [4.78, 5) is 0. The first-order valence-electron chi connectivity index (χ1n) is 6.99. The number of hydrogen-bond acceptors (Lipinski definition) is 3. The summed E-state index contributed by atoms with van der Waals surface area (Å²) in [5.74, 6) is 1.77. The molecule has 0 saturated heterocycles. The van der Waals surface area contributed by atoms with Gasteiger partial charge in [0.2, 0.25) is 6.79 Å². The summed E-state index contributed by atoms with van der Waals surface area (Å²) in [6.45, 7) is 1.19. The van der Waals surface area contributed by atoms with Crippen LogP contribution < -0.4 is 15.2 Å². The standard InChI is InChI=1S/C15H23NO2/c16-10-6-4-2-1-3-5-7-13-8-9-14-15(11-13)18-12-17-14/h8-9,11H,1-7,10,12,16H2. The predicted octanol–water partition coefficient (Wildman–Crippen LogP) is 3.26. The van der Waals surface area contributed by atoms with Crippen LogP contribution in [-0.2, 0) is 6.42 Å². The molecule has 1 aromatic rings. The van der Waals surface area contributed by atoms with Gasteiger partial charge in [0.05, 0.1) is 0 Å². The average Bonchev–Trinajstić information content (AvgIpc) is 2.85. The van der Waals surface area contributed by atoms with Crippen LogP contribution in [0.2, 0.25) is 0 Å². The van der Waals surface area contributed by atoms with Crippen LogP contribution in [0.15, 0.2) is 18.2 Å². The first kappa shape index (κ1) is 13.2. The lowest BCUT2D eigenvalue weighted by Gasteiger charge is -2.03. The van der Waals surface area contributed by atoms with E-state index in [1.165, 1.54) is 44.1 Å². The van der Waals surface area contributed by atoms with Crippen molar-refractivity contribution in [3.63, 3.8) is 0 Å². The molecule has 0 amide bonds. The van der Waals surface area contributed by atoms with Crippen molar-refractivity contribution in [2.45, 2.75) is 44.9 Å². The molecular formula is C15H23NO2. The van der Waals surface area contributed by atoms with Gasteiger partial charge >= 0.3 is 0 Å². The molecule has 0 saturated carbocycles. The molecular weight excluding hydrogens is 226 g/mol. The van der Waals surface area contributed by atoms with Crippen LogP contribution in [0.5, 0.6) is 11.5 Å². The monoisotopic (exact) mass is 249 g/mol. The largest absolute Gasteiger partial charge is 0.454 e. The van der Waals surface area contributed by atoms with Crippen molar-refractivity contribution in [1.82, 2.24) is 0 Å². The minimum Gasteiger partial charge on any atom is -0.454 e. The first-order chi connectivity index (χ1) is 8.90. The molecule has 0 bridgehead atoms. The van der Waals surface area contributed by atoms with Crippen LogP contribution in [-0.4, -0.2) is 13.3 Å². The average molecular weight is 249 g/mol. The number of nitrogens with two attached hydrogens (primary N) is 1. The van der Waals surface area contributed by atoms with Crippen molar-refractivity contribution >= 4 is 0 Å². The molecule has 0 unspecified atom stereocenters. The minimum absolute atomic E-state index is 0.361. The summed E-state index contributed by atoms with van der Waals surface area (Å²) in [6, 6.07) is 6.26. The van der Waals surface area contributed by atoms with Crippen molar-refractivity contribution in [2.75, 3.05) is 13.3 Å². The summed E-state index contributed by atoms with van der Waals surface area (Å²) in [7, 11) is 0. The van der Waals surface area contributed by atoms with E-state index >= 15 is 0 Å². The Labute approximate surface area is 109 Å². The summed E-state index contributed by atoms with van der Waals surface area (Å²) in [5.41, 5.74) is 6.82. The number of aryl methyl sites for hydroxylation is 1. The van der Waals surface area contributed by atoms with Crippen molar-refractivity contribution in [3.05, 3.63) is 23.8 Å². The molecule has 1 aromatic carbocycles. The Bertz CT molecular complexity index is 366. The Morgan fingerprint density at radius 1 is 0.889 bits per heavy atom. The van der Waals surface area contributed by atoms with Crippen molar-refractivity contribution in [2.24, 2.45) is 5.73 Å². The molecule has 100 valence electrons. The Morgan fingerprint density at radius 3 is 2.44 bits per heavy atom. The number of rotatable bonds is 8. The van der Waals surface area contributed by atoms with E-state index in [1.54, 1.807) is 0 Å². The Kier molecular flexibility index (Phi) is 5.34. The third-order valence-electron chi connectivity index (χ3n) is 3.36. The van der Waals surface area contributed by atoms with Gasteiger partial charge in [0.1, 0.15) is 0 Å². The molecule has 2 N–H and O–H groups in total.